The van der Waals surface area contributed by atoms with Crippen LogP contribution in [0.5, 0.6) is 0 Å². The van der Waals surface area contributed by atoms with Crippen LogP contribution in [0.1, 0.15) is 30.1 Å². The van der Waals surface area contributed by atoms with Crippen LogP contribution in [0.15, 0.2) is 18.2 Å². The maximum Gasteiger partial charge on any atom is 0.217 e. The van der Waals surface area contributed by atoms with Crippen molar-refractivity contribution >= 4 is 34.9 Å². The summed E-state index contributed by atoms with van der Waals surface area (Å²) in [4.78, 5) is 25.4. The Bertz CT molecular complexity index is 540. The summed E-state index contributed by atoms with van der Waals surface area (Å²) in [5.74, 6) is -0.0317. The summed E-state index contributed by atoms with van der Waals surface area (Å²) in [6.07, 6.45) is 1.71. The van der Waals surface area contributed by atoms with Crippen LogP contribution in [0.3, 0.4) is 0 Å². The number of carbonyl (C=O) groups excluding carboxylic acids is 2. The van der Waals surface area contributed by atoms with E-state index in [2.05, 4.69) is 10.2 Å². The monoisotopic (exact) mass is 328 g/mol. The summed E-state index contributed by atoms with van der Waals surface area (Å²) in [5, 5.41) is 3.85. The van der Waals surface area contributed by atoms with Crippen LogP contribution in [0.4, 0.5) is 0 Å². The van der Waals surface area contributed by atoms with E-state index in [9.17, 15) is 9.59 Å². The maximum atomic E-state index is 12.3. The summed E-state index contributed by atoms with van der Waals surface area (Å²) in [6, 6.07) is 5.12. The third-order valence-corrected chi connectivity index (χ3v) is 4.16. The van der Waals surface area contributed by atoms with Crippen LogP contribution in [0.25, 0.3) is 0 Å². The van der Waals surface area contributed by atoms with Gasteiger partial charge < -0.3 is 5.32 Å². The van der Waals surface area contributed by atoms with Crippen molar-refractivity contribution in [3.8, 4) is 0 Å². The molecule has 0 radical (unpaired) electrons. The minimum atomic E-state index is -0.0273. The van der Waals surface area contributed by atoms with Gasteiger partial charge in [-0.15, -0.1) is 0 Å². The van der Waals surface area contributed by atoms with E-state index in [1.807, 2.05) is 0 Å². The summed E-state index contributed by atoms with van der Waals surface area (Å²) in [5.41, 5.74) is 0.466. The number of halogens is 2. The molecule has 4 nitrogen and oxygen atoms in total. The summed E-state index contributed by atoms with van der Waals surface area (Å²) < 4.78 is 0. The molecule has 0 bridgehead atoms. The van der Waals surface area contributed by atoms with E-state index in [1.54, 1.807) is 18.2 Å². The Morgan fingerprint density at radius 2 is 1.95 bits per heavy atom. The van der Waals surface area contributed by atoms with Gasteiger partial charge in [0.15, 0.2) is 5.78 Å². The summed E-state index contributed by atoms with van der Waals surface area (Å²) >= 11 is 12.0. The predicted octanol–water partition coefficient (Wildman–Crippen LogP) is 2.78. The Balaban J connectivity index is 1.90. The van der Waals surface area contributed by atoms with Crippen LogP contribution in [-0.2, 0) is 4.79 Å². The fourth-order valence-electron chi connectivity index (χ4n) is 2.52. The Kier molecular flexibility index (Phi) is 5.62. The highest BCUT2D eigenvalue weighted by Gasteiger charge is 2.22. The van der Waals surface area contributed by atoms with Crippen molar-refractivity contribution < 1.29 is 9.59 Å². The van der Waals surface area contributed by atoms with Crippen molar-refractivity contribution in [1.82, 2.24) is 10.2 Å². The zero-order valence-corrected chi connectivity index (χ0v) is 13.4. The molecule has 1 aromatic carbocycles. The van der Waals surface area contributed by atoms with Gasteiger partial charge >= 0.3 is 0 Å². The van der Waals surface area contributed by atoms with Gasteiger partial charge in [0.05, 0.1) is 11.6 Å². The first-order valence-electron chi connectivity index (χ1n) is 6.93. The first-order chi connectivity index (χ1) is 9.95. The number of hydrogen-bond acceptors (Lipinski definition) is 3. The van der Waals surface area contributed by atoms with Crippen LogP contribution < -0.4 is 5.32 Å². The number of likely N-dealkylation sites (tertiary alicyclic amines) is 1. The third-order valence-electron chi connectivity index (χ3n) is 3.59. The lowest BCUT2D eigenvalue weighted by molar-refractivity contribution is -0.119. The molecule has 1 aliphatic rings. The number of nitrogens with zero attached hydrogens (tertiary/aromatic N) is 1. The molecule has 1 heterocycles. The number of carbonyl (C=O) groups is 2. The van der Waals surface area contributed by atoms with E-state index in [0.29, 0.717) is 22.2 Å². The second kappa shape index (κ2) is 7.25. The number of amides is 1. The SMILES string of the molecule is CC(=O)NC1CCN(CC(=O)c2cc(Cl)ccc2Cl)CC1. The molecule has 1 amide bonds. The van der Waals surface area contributed by atoms with Crippen molar-refractivity contribution in [2.75, 3.05) is 19.6 Å². The molecule has 0 saturated carbocycles. The van der Waals surface area contributed by atoms with Gasteiger partial charge in [-0.1, -0.05) is 23.2 Å². The predicted molar refractivity (Wildman–Crippen MR) is 84.1 cm³/mol. The molecule has 1 aliphatic heterocycles. The van der Waals surface area contributed by atoms with Gasteiger partial charge in [-0.25, -0.2) is 0 Å². The van der Waals surface area contributed by atoms with Gasteiger partial charge in [0.2, 0.25) is 5.91 Å². The molecule has 1 saturated heterocycles. The topological polar surface area (TPSA) is 49.4 Å². The second-order valence-corrected chi connectivity index (χ2v) is 6.14. The molecular weight excluding hydrogens is 311 g/mol. The number of ketones is 1. The zero-order chi connectivity index (χ0) is 15.4. The highest BCUT2D eigenvalue weighted by atomic mass is 35.5. The maximum absolute atomic E-state index is 12.3. The van der Waals surface area contributed by atoms with Crippen molar-refractivity contribution in [2.24, 2.45) is 0 Å². The second-order valence-electron chi connectivity index (χ2n) is 5.30. The molecule has 1 aromatic rings. The van der Waals surface area contributed by atoms with Gasteiger partial charge in [-0.3, -0.25) is 14.5 Å². The van der Waals surface area contributed by atoms with E-state index >= 15 is 0 Å². The van der Waals surface area contributed by atoms with Gasteiger partial charge in [0.25, 0.3) is 0 Å². The molecule has 1 N–H and O–H groups in total. The Morgan fingerprint density at radius 3 is 2.57 bits per heavy atom. The van der Waals surface area contributed by atoms with E-state index in [0.717, 1.165) is 25.9 Å². The molecule has 2 rings (SSSR count). The molecule has 0 spiro atoms. The fraction of sp³-hybridized carbons (Fsp3) is 0.467. The van der Waals surface area contributed by atoms with Crippen LogP contribution >= 0.6 is 23.2 Å². The highest BCUT2D eigenvalue weighted by molar-refractivity contribution is 6.36. The fourth-order valence-corrected chi connectivity index (χ4v) is 2.92. The van der Waals surface area contributed by atoms with Crippen molar-refractivity contribution in [3.05, 3.63) is 33.8 Å². The first kappa shape index (κ1) is 16.3. The minimum absolute atomic E-state index is 0.00441. The average Bonchev–Trinajstić information content (AvgIpc) is 2.43. The van der Waals surface area contributed by atoms with E-state index in [-0.39, 0.29) is 17.7 Å². The number of rotatable bonds is 4. The van der Waals surface area contributed by atoms with Crippen molar-refractivity contribution in [1.29, 1.82) is 0 Å². The van der Waals surface area contributed by atoms with Crippen LogP contribution in [0.2, 0.25) is 10.0 Å². The molecule has 6 heteroatoms. The molecule has 1 fully saturated rings. The average molecular weight is 329 g/mol. The largest absolute Gasteiger partial charge is 0.354 e. The molecule has 114 valence electrons. The molecule has 0 aromatic heterocycles. The zero-order valence-electron chi connectivity index (χ0n) is 11.9. The normalized spacial score (nSPS) is 16.7. The number of nitrogens with one attached hydrogen (secondary N) is 1. The number of Topliss-reactive ketones (excluding diaryl/α,β-unsaturated/α-hetero) is 1. The Morgan fingerprint density at radius 1 is 1.29 bits per heavy atom. The molecule has 0 atom stereocenters. The summed E-state index contributed by atoms with van der Waals surface area (Å²) in [6.45, 7) is 3.42. The smallest absolute Gasteiger partial charge is 0.217 e. The highest BCUT2D eigenvalue weighted by Crippen LogP contribution is 2.22. The lowest BCUT2D eigenvalue weighted by Crippen LogP contribution is -2.45. The molecular formula is C15H18Cl2N2O2. The number of benzene rings is 1. The van der Waals surface area contributed by atoms with Gasteiger partial charge in [-0.2, -0.15) is 0 Å². The Hall–Kier alpha value is -1.10. The summed E-state index contributed by atoms with van der Waals surface area (Å²) in [7, 11) is 0. The standard InChI is InChI=1S/C15H18Cl2N2O2/c1-10(20)18-12-4-6-19(7-5-12)9-15(21)13-8-11(16)2-3-14(13)17/h2-3,8,12H,4-7,9H2,1H3,(H,18,20). The first-order valence-corrected chi connectivity index (χ1v) is 7.69. The molecule has 0 aliphatic carbocycles. The molecule has 21 heavy (non-hydrogen) atoms. The molecule has 0 unspecified atom stereocenters. The van der Waals surface area contributed by atoms with Crippen LogP contribution in [0, 0.1) is 0 Å². The third kappa shape index (κ3) is 4.70. The lowest BCUT2D eigenvalue weighted by atomic mass is 10.0. The van der Waals surface area contributed by atoms with E-state index in [1.165, 1.54) is 6.92 Å². The van der Waals surface area contributed by atoms with Gasteiger partial charge in [0, 0.05) is 36.6 Å². The van der Waals surface area contributed by atoms with Gasteiger partial charge in [0.1, 0.15) is 0 Å². The van der Waals surface area contributed by atoms with Crippen molar-refractivity contribution in [2.45, 2.75) is 25.8 Å². The van der Waals surface area contributed by atoms with Crippen LogP contribution in [-0.4, -0.2) is 42.3 Å². The Labute approximate surface area is 134 Å². The number of piperidine rings is 1. The van der Waals surface area contributed by atoms with Crippen molar-refractivity contribution in [3.63, 3.8) is 0 Å². The quantitative estimate of drug-likeness (QED) is 0.864. The lowest BCUT2D eigenvalue weighted by Gasteiger charge is -2.31. The number of hydrogen-bond donors (Lipinski definition) is 1. The van der Waals surface area contributed by atoms with E-state index in [4.69, 9.17) is 23.2 Å². The minimum Gasteiger partial charge on any atom is -0.354 e. The van der Waals surface area contributed by atoms with Gasteiger partial charge in [-0.05, 0) is 31.0 Å². The van der Waals surface area contributed by atoms with E-state index < -0.39 is 0 Å².